The minimum absolute atomic E-state index is 0.203. The summed E-state index contributed by atoms with van der Waals surface area (Å²) < 4.78 is 13.4. The Hall–Kier alpha value is -2.71. The number of methoxy groups -OCH3 is 1. The van der Waals surface area contributed by atoms with E-state index in [4.69, 9.17) is 14.5 Å². The highest BCUT2D eigenvalue weighted by Crippen LogP contribution is 2.41. The maximum Gasteiger partial charge on any atom is 0.321 e. The molecule has 0 saturated carbocycles. The number of carbonyl (C=O) groups is 2. The van der Waals surface area contributed by atoms with Crippen molar-refractivity contribution in [3.05, 3.63) is 58.6 Å². The number of anilines is 1. The minimum atomic E-state index is -1.01. The summed E-state index contributed by atoms with van der Waals surface area (Å²) in [5.74, 6) is -1.31. The lowest BCUT2D eigenvalue weighted by Gasteiger charge is -2.38. The van der Waals surface area contributed by atoms with E-state index in [0.29, 0.717) is 25.5 Å². The highest BCUT2D eigenvalue weighted by Gasteiger charge is 2.47. The van der Waals surface area contributed by atoms with Crippen LogP contribution in [0.5, 0.6) is 0 Å². The van der Waals surface area contributed by atoms with Crippen LogP contribution in [0.25, 0.3) is 11.0 Å². The standard InChI is InChI=1S/C23H24BrN3O4/c1-3-31-22(29)19-20(15-8-6-9-16(24)14-15)27-18-11-5-4-10-17(18)25-23(27)26(21(19)28)12-7-13-30-2/h4-6,8-11,14,19-20H,3,7,12-13H2,1-2H3/t19-,20-/m0/s1. The maximum absolute atomic E-state index is 13.7. The molecular formula is C23H24BrN3O4. The number of carbonyl (C=O) groups excluding carboxylic acids is 2. The molecule has 0 aliphatic carbocycles. The molecule has 7 nitrogen and oxygen atoms in total. The predicted octanol–water partition coefficient (Wildman–Crippen LogP) is 3.95. The molecule has 2 atom stereocenters. The quantitative estimate of drug-likeness (QED) is 0.287. The zero-order valence-electron chi connectivity index (χ0n) is 17.5. The van der Waals surface area contributed by atoms with Gasteiger partial charge in [0.05, 0.1) is 23.7 Å². The number of fused-ring (bicyclic) bond motifs is 3. The third-order valence-corrected chi connectivity index (χ3v) is 5.90. The van der Waals surface area contributed by atoms with Crippen LogP contribution in [0.2, 0.25) is 0 Å². The van der Waals surface area contributed by atoms with Crippen molar-refractivity contribution in [3.63, 3.8) is 0 Å². The number of amides is 1. The van der Waals surface area contributed by atoms with Crippen molar-refractivity contribution >= 4 is 44.8 Å². The van der Waals surface area contributed by atoms with E-state index in [-0.39, 0.29) is 12.5 Å². The summed E-state index contributed by atoms with van der Waals surface area (Å²) in [5, 5.41) is 0. The van der Waals surface area contributed by atoms with E-state index in [1.54, 1.807) is 18.9 Å². The number of hydrogen-bond acceptors (Lipinski definition) is 5. The van der Waals surface area contributed by atoms with Gasteiger partial charge in [-0.3, -0.25) is 14.5 Å². The number of halogens is 1. The lowest BCUT2D eigenvalue weighted by Crippen LogP contribution is -2.50. The van der Waals surface area contributed by atoms with Crippen molar-refractivity contribution in [1.29, 1.82) is 0 Å². The average Bonchev–Trinajstić information content (AvgIpc) is 3.14. The molecule has 8 heteroatoms. The van der Waals surface area contributed by atoms with Crippen molar-refractivity contribution in [3.8, 4) is 0 Å². The summed E-state index contributed by atoms with van der Waals surface area (Å²) in [4.78, 5) is 33.1. The Balaban J connectivity index is 1.94. The van der Waals surface area contributed by atoms with E-state index in [1.807, 2.05) is 53.1 Å². The highest BCUT2D eigenvalue weighted by molar-refractivity contribution is 9.10. The van der Waals surface area contributed by atoms with Crippen molar-refractivity contribution < 1.29 is 19.1 Å². The average molecular weight is 486 g/mol. The van der Waals surface area contributed by atoms with E-state index in [1.165, 1.54) is 0 Å². The summed E-state index contributed by atoms with van der Waals surface area (Å²) in [5.41, 5.74) is 2.47. The van der Waals surface area contributed by atoms with Crippen LogP contribution in [0.4, 0.5) is 5.95 Å². The monoisotopic (exact) mass is 485 g/mol. The Kier molecular flexibility index (Phi) is 6.38. The first kappa shape index (κ1) is 21.5. The Labute approximate surface area is 189 Å². The van der Waals surface area contributed by atoms with E-state index in [9.17, 15) is 9.59 Å². The SMILES string of the molecule is CCOC(=O)[C@@H]1C(=O)N(CCCOC)c2nc3ccccc3n2[C@H]1c1cccc(Br)c1. The molecule has 1 aliphatic rings. The Morgan fingerprint density at radius 3 is 2.74 bits per heavy atom. The summed E-state index contributed by atoms with van der Waals surface area (Å²) in [6.07, 6.45) is 0.628. The van der Waals surface area contributed by atoms with Crippen LogP contribution in [0.3, 0.4) is 0 Å². The first-order chi connectivity index (χ1) is 15.1. The molecule has 2 heterocycles. The number of para-hydroxylation sites is 2. The normalized spacial score (nSPS) is 18.3. The molecule has 2 aromatic carbocycles. The fourth-order valence-electron chi connectivity index (χ4n) is 4.12. The van der Waals surface area contributed by atoms with E-state index in [2.05, 4.69) is 15.9 Å². The van der Waals surface area contributed by atoms with Gasteiger partial charge in [-0.25, -0.2) is 4.98 Å². The summed E-state index contributed by atoms with van der Waals surface area (Å²) in [6.45, 7) is 2.85. The smallest absolute Gasteiger partial charge is 0.321 e. The molecule has 0 fully saturated rings. The van der Waals surface area contributed by atoms with Crippen LogP contribution in [0.1, 0.15) is 24.9 Å². The number of aromatic nitrogens is 2. The van der Waals surface area contributed by atoms with Gasteiger partial charge in [0.1, 0.15) is 0 Å². The summed E-state index contributed by atoms with van der Waals surface area (Å²) in [6, 6.07) is 14.8. The minimum Gasteiger partial charge on any atom is -0.465 e. The second-order valence-electron chi connectivity index (χ2n) is 7.34. The largest absolute Gasteiger partial charge is 0.465 e. The fourth-order valence-corrected chi connectivity index (χ4v) is 4.53. The summed E-state index contributed by atoms with van der Waals surface area (Å²) in [7, 11) is 1.62. The van der Waals surface area contributed by atoms with Gasteiger partial charge in [-0.1, -0.05) is 40.2 Å². The second kappa shape index (κ2) is 9.20. The first-order valence-electron chi connectivity index (χ1n) is 10.3. The molecule has 0 spiro atoms. The number of ether oxygens (including phenoxy) is 2. The molecule has 1 aromatic heterocycles. The van der Waals surface area contributed by atoms with E-state index < -0.39 is 17.9 Å². The van der Waals surface area contributed by atoms with Crippen LogP contribution in [-0.4, -0.2) is 48.3 Å². The zero-order chi connectivity index (χ0) is 22.0. The second-order valence-corrected chi connectivity index (χ2v) is 8.25. The maximum atomic E-state index is 13.7. The molecule has 0 saturated heterocycles. The lowest BCUT2D eigenvalue weighted by molar-refractivity contribution is -0.153. The molecule has 0 N–H and O–H groups in total. The van der Waals surface area contributed by atoms with Crippen LogP contribution >= 0.6 is 15.9 Å². The van der Waals surface area contributed by atoms with Crippen molar-refractivity contribution in [2.24, 2.45) is 5.92 Å². The number of nitrogens with zero attached hydrogens (tertiary/aromatic N) is 3. The van der Waals surface area contributed by atoms with Crippen molar-refractivity contribution in [2.75, 3.05) is 31.8 Å². The Morgan fingerprint density at radius 2 is 2.00 bits per heavy atom. The molecule has 0 bridgehead atoms. The molecule has 0 radical (unpaired) electrons. The summed E-state index contributed by atoms with van der Waals surface area (Å²) >= 11 is 3.52. The first-order valence-corrected chi connectivity index (χ1v) is 11.1. The topological polar surface area (TPSA) is 73.7 Å². The number of esters is 1. The molecular weight excluding hydrogens is 462 g/mol. The predicted molar refractivity (Wildman–Crippen MR) is 121 cm³/mol. The van der Waals surface area contributed by atoms with Crippen molar-refractivity contribution in [2.45, 2.75) is 19.4 Å². The molecule has 1 amide bonds. The van der Waals surface area contributed by atoms with Crippen LogP contribution in [0, 0.1) is 5.92 Å². The molecule has 4 rings (SSSR count). The van der Waals surface area contributed by atoms with E-state index >= 15 is 0 Å². The van der Waals surface area contributed by atoms with Gasteiger partial charge < -0.3 is 14.0 Å². The number of imidazole rings is 1. The molecule has 3 aromatic rings. The third kappa shape index (κ3) is 3.97. The van der Waals surface area contributed by atoms with Crippen LogP contribution in [0.15, 0.2) is 53.0 Å². The number of rotatable bonds is 7. The van der Waals surface area contributed by atoms with Gasteiger partial charge >= 0.3 is 5.97 Å². The van der Waals surface area contributed by atoms with Crippen LogP contribution in [-0.2, 0) is 19.1 Å². The fraction of sp³-hybridized carbons (Fsp3) is 0.348. The van der Waals surface area contributed by atoms with Gasteiger partial charge in [-0.2, -0.15) is 0 Å². The molecule has 162 valence electrons. The van der Waals surface area contributed by atoms with Gasteiger partial charge in [-0.15, -0.1) is 0 Å². The molecule has 31 heavy (non-hydrogen) atoms. The Bertz CT molecular complexity index is 1110. The van der Waals surface area contributed by atoms with E-state index in [0.717, 1.165) is 21.1 Å². The number of hydrogen-bond donors (Lipinski definition) is 0. The highest BCUT2D eigenvalue weighted by atomic mass is 79.9. The van der Waals surface area contributed by atoms with Gasteiger partial charge in [0.15, 0.2) is 5.92 Å². The third-order valence-electron chi connectivity index (χ3n) is 5.41. The number of benzene rings is 2. The van der Waals surface area contributed by atoms with Crippen molar-refractivity contribution in [1.82, 2.24) is 9.55 Å². The lowest BCUT2D eigenvalue weighted by atomic mass is 9.89. The molecule has 1 aliphatic heterocycles. The van der Waals surface area contributed by atoms with Gasteiger partial charge in [0.25, 0.3) is 0 Å². The zero-order valence-corrected chi connectivity index (χ0v) is 19.0. The molecule has 0 unspecified atom stereocenters. The van der Waals surface area contributed by atoms with Gasteiger partial charge in [0, 0.05) is 24.7 Å². The van der Waals surface area contributed by atoms with Gasteiger partial charge in [0.2, 0.25) is 11.9 Å². The van der Waals surface area contributed by atoms with Gasteiger partial charge in [-0.05, 0) is 43.2 Å². The Morgan fingerprint density at radius 1 is 1.19 bits per heavy atom. The van der Waals surface area contributed by atoms with Crippen LogP contribution < -0.4 is 4.90 Å².